The maximum Gasteiger partial charge on any atom is 0.272 e. The molecule has 0 spiro atoms. The Kier molecular flexibility index (Phi) is 5.10. The van der Waals surface area contributed by atoms with E-state index in [-0.39, 0.29) is 11.6 Å². The first kappa shape index (κ1) is 19.7. The molecule has 1 unspecified atom stereocenters. The topological polar surface area (TPSA) is 58.7 Å². The van der Waals surface area contributed by atoms with Gasteiger partial charge in [0.15, 0.2) is 5.82 Å². The molecular weight excluding hydrogens is 420 g/mol. The van der Waals surface area contributed by atoms with Crippen molar-refractivity contribution in [2.75, 3.05) is 26.2 Å². The maximum absolute atomic E-state index is 12.5. The molecule has 3 aromatic heterocycles. The molecule has 156 valence electrons. The van der Waals surface area contributed by atoms with Gasteiger partial charge in [0.1, 0.15) is 4.70 Å². The third-order valence-corrected chi connectivity index (χ3v) is 7.31. The average Bonchev–Trinajstić information content (AvgIpc) is 3.40. The molecule has 0 amide bonds. The van der Waals surface area contributed by atoms with Gasteiger partial charge < -0.3 is 0 Å². The molecule has 1 aliphatic rings. The molecule has 0 radical (unpaired) electrons. The summed E-state index contributed by atoms with van der Waals surface area (Å²) in [5.41, 5.74) is 2.05. The van der Waals surface area contributed by atoms with Crippen LogP contribution in [0.1, 0.15) is 24.4 Å². The highest BCUT2D eigenvalue weighted by atomic mass is 35.5. The lowest BCUT2D eigenvalue weighted by Gasteiger charge is -2.38. The average molecular weight is 443 g/mol. The number of aromatic nitrogens is 4. The van der Waals surface area contributed by atoms with E-state index < -0.39 is 0 Å². The molecular formula is C21H23ClN6OS. The van der Waals surface area contributed by atoms with Gasteiger partial charge in [-0.15, -0.1) is 21.5 Å². The summed E-state index contributed by atoms with van der Waals surface area (Å²) in [5, 5.41) is 11.5. The number of fused-ring (bicyclic) bond motifs is 3. The molecule has 1 aromatic carbocycles. The number of rotatable bonds is 4. The second-order valence-corrected chi connectivity index (χ2v) is 9.08. The number of hydrogen-bond donors (Lipinski definition) is 0. The van der Waals surface area contributed by atoms with Crippen molar-refractivity contribution in [1.29, 1.82) is 0 Å². The second-order valence-electron chi connectivity index (χ2n) is 7.76. The standard InChI is InChI=1S/C21H23ClN6OS/c1-14(15-5-3-4-6-16(15)22)27-10-8-26(9-11-27)13-18-23-24-21-25(2)20(29)19-17(28(18)21)7-12-30-19/h3-7,12,14H,8-11,13H2,1-2H3. The third-order valence-electron chi connectivity index (χ3n) is 6.07. The third kappa shape index (κ3) is 3.24. The SMILES string of the molecule is CC(c1ccccc1Cl)N1CCN(Cc2nnc3n(C)c(=O)c4sccc4n23)CC1. The second kappa shape index (κ2) is 7.77. The summed E-state index contributed by atoms with van der Waals surface area (Å²) < 4.78 is 4.34. The van der Waals surface area contributed by atoms with Crippen molar-refractivity contribution in [2.45, 2.75) is 19.5 Å². The Labute approximate surface area is 183 Å². The lowest BCUT2D eigenvalue weighted by Crippen LogP contribution is -2.46. The molecule has 5 rings (SSSR count). The van der Waals surface area contributed by atoms with Crippen LogP contribution in [0.2, 0.25) is 5.02 Å². The van der Waals surface area contributed by atoms with Gasteiger partial charge in [-0.05, 0) is 30.0 Å². The summed E-state index contributed by atoms with van der Waals surface area (Å²) in [7, 11) is 1.75. The summed E-state index contributed by atoms with van der Waals surface area (Å²) in [6.07, 6.45) is 0. The first-order valence-electron chi connectivity index (χ1n) is 10.1. The zero-order valence-corrected chi connectivity index (χ0v) is 18.5. The van der Waals surface area contributed by atoms with Crippen LogP contribution in [0.15, 0.2) is 40.5 Å². The van der Waals surface area contributed by atoms with Gasteiger partial charge >= 0.3 is 0 Å². The highest BCUT2D eigenvalue weighted by molar-refractivity contribution is 7.17. The number of halogens is 1. The van der Waals surface area contributed by atoms with Crippen molar-refractivity contribution >= 4 is 38.9 Å². The zero-order chi connectivity index (χ0) is 20.8. The molecule has 4 aromatic rings. The van der Waals surface area contributed by atoms with E-state index in [1.807, 2.05) is 34.0 Å². The molecule has 1 atom stereocenters. The number of nitrogens with zero attached hydrogens (tertiary/aromatic N) is 6. The van der Waals surface area contributed by atoms with Gasteiger partial charge in [0.25, 0.3) is 5.56 Å². The molecule has 1 aliphatic heterocycles. The summed E-state index contributed by atoms with van der Waals surface area (Å²) in [6.45, 7) is 6.75. The number of piperazine rings is 1. The molecule has 0 bridgehead atoms. The van der Waals surface area contributed by atoms with Crippen LogP contribution in [0, 0.1) is 0 Å². The fourth-order valence-corrected chi connectivity index (χ4v) is 5.42. The Morgan fingerprint density at radius 3 is 2.67 bits per heavy atom. The summed E-state index contributed by atoms with van der Waals surface area (Å²) in [5.74, 6) is 1.46. The normalized spacial score (nSPS) is 17.2. The Morgan fingerprint density at radius 1 is 1.13 bits per heavy atom. The smallest absolute Gasteiger partial charge is 0.272 e. The Morgan fingerprint density at radius 2 is 1.90 bits per heavy atom. The highest BCUT2D eigenvalue weighted by Crippen LogP contribution is 2.28. The Bertz CT molecular complexity index is 1270. The van der Waals surface area contributed by atoms with E-state index in [9.17, 15) is 4.79 Å². The quantitative estimate of drug-likeness (QED) is 0.486. The van der Waals surface area contributed by atoms with Gasteiger partial charge in [-0.3, -0.25) is 23.6 Å². The van der Waals surface area contributed by atoms with Crippen molar-refractivity contribution in [3.8, 4) is 0 Å². The van der Waals surface area contributed by atoms with E-state index in [1.54, 1.807) is 11.6 Å². The summed E-state index contributed by atoms with van der Waals surface area (Å²) in [6, 6.07) is 10.3. The van der Waals surface area contributed by atoms with E-state index >= 15 is 0 Å². The van der Waals surface area contributed by atoms with Crippen LogP contribution in [-0.4, -0.2) is 55.1 Å². The van der Waals surface area contributed by atoms with Gasteiger partial charge in [0.2, 0.25) is 5.78 Å². The largest absolute Gasteiger partial charge is 0.294 e. The summed E-state index contributed by atoms with van der Waals surface area (Å²) in [4.78, 5) is 17.4. The lowest BCUT2D eigenvalue weighted by atomic mass is 10.1. The minimum absolute atomic E-state index is 0.0198. The molecule has 4 heterocycles. The lowest BCUT2D eigenvalue weighted by molar-refractivity contribution is 0.0961. The molecule has 30 heavy (non-hydrogen) atoms. The predicted molar refractivity (Wildman–Crippen MR) is 120 cm³/mol. The van der Waals surface area contributed by atoms with Crippen molar-refractivity contribution in [2.24, 2.45) is 7.05 Å². The van der Waals surface area contributed by atoms with Crippen LogP contribution in [0.3, 0.4) is 0 Å². The zero-order valence-electron chi connectivity index (χ0n) is 17.0. The first-order valence-corrected chi connectivity index (χ1v) is 11.3. The summed E-state index contributed by atoms with van der Waals surface area (Å²) >= 11 is 7.86. The number of thiophene rings is 1. The van der Waals surface area contributed by atoms with Crippen LogP contribution in [0.4, 0.5) is 0 Å². The predicted octanol–water partition coefficient (Wildman–Crippen LogP) is 3.17. The van der Waals surface area contributed by atoms with Gasteiger partial charge in [0.05, 0.1) is 12.1 Å². The van der Waals surface area contributed by atoms with Crippen molar-refractivity contribution in [3.63, 3.8) is 0 Å². The van der Waals surface area contributed by atoms with E-state index in [4.69, 9.17) is 11.6 Å². The van der Waals surface area contributed by atoms with Gasteiger partial charge in [-0.2, -0.15) is 0 Å². The van der Waals surface area contributed by atoms with E-state index in [1.165, 1.54) is 16.9 Å². The van der Waals surface area contributed by atoms with Crippen LogP contribution in [-0.2, 0) is 13.6 Å². The van der Waals surface area contributed by atoms with Crippen molar-refractivity contribution < 1.29 is 0 Å². The monoisotopic (exact) mass is 442 g/mol. The molecule has 1 fully saturated rings. The van der Waals surface area contributed by atoms with E-state index in [0.717, 1.165) is 47.2 Å². The molecule has 0 aliphatic carbocycles. The minimum Gasteiger partial charge on any atom is -0.294 e. The minimum atomic E-state index is -0.0198. The molecule has 0 saturated carbocycles. The van der Waals surface area contributed by atoms with Gasteiger partial charge in [-0.1, -0.05) is 29.8 Å². The Balaban J connectivity index is 1.34. The van der Waals surface area contributed by atoms with Crippen LogP contribution in [0.5, 0.6) is 0 Å². The molecule has 0 N–H and O–H groups in total. The van der Waals surface area contributed by atoms with Crippen molar-refractivity contribution in [3.05, 3.63) is 62.5 Å². The first-order chi connectivity index (χ1) is 14.5. The number of hydrogen-bond acceptors (Lipinski definition) is 6. The molecule has 7 nitrogen and oxygen atoms in total. The van der Waals surface area contributed by atoms with Crippen molar-refractivity contribution in [1.82, 2.24) is 29.0 Å². The molecule has 1 saturated heterocycles. The maximum atomic E-state index is 12.5. The van der Waals surface area contributed by atoms with Crippen LogP contribution in [0.25, 0.3) is 16.0 Å². The Hall–Kier alpha value is -2.26. The van der Waals surface area contributed by atoms with Gasteiger partial charge in [-0.25, -0.2) is 0 Å². The van der Waals surface area contributed by atoms with Crippen LogP contribution < -0.4 is 5.56 Å². The molecule has 9 heteroatoms. The van der Waals surface area contributed by atoms with Crippen LogP contribution >= 0.6 is 22.9 Å². The number of benzene rings is 1. The fraction of sp³-hybridized carbons (Fsp3) is 0.381. The highest BCUT2D eigenvalue weighted by Gasteiger charge is 2.25. The number of aryl methyl sites for hydroxylation is 1. The van der Waals surface area contributed by atoms with E-state index in [0.29, 0.717) is 12.3 Å². The fourth-order valence-electron chi connectivity index (χ4n) is 4.27. The van der Waals surface area contributed by atoms with E-state index in [2.05, 4.69) is 33.0 Å². The van der Waals surface area contributed by atoms with Gasteiger partial charge in [0, 0.05) is 44.3 Å².